The van der Waals surface area contributed by atoms with Gasteiger partial charge < -0.3 is 10.2 Å². The maximum absolute atomic E-state index is 11.3. The van der Waals surface area contributed by atoms with E-state index < -0.39 is 23.8 Å². The van der Waals surface area contributed by atoms with Crippen LogP contribution in [0.3, 0.4) is 0 Å². The Hall–Kier alpha value is -3.63. The van der Waals surface area contributed by atoms with Gasteiger partial charge >= 0.3 is 11.9 Å². The number of amides is 2. The number of hydrogen-bond acceptors (Lipinski definition) is 7. The number of carbonyl (C=O) groups excluding carboxylic acids is 2. The summed E-state index contributed by atoms with van der Waals surface area (Å²) in [5.74, 6) is -4.65. The van der Waals surface area contributed by atoms with Crippen LogP contribution in [-0.4, -0.2) is 48.9 Å². The normalized spacial score (nSPS) is 10.5. The van der Waals surface area contributed by atoms with E-state index in [1.54, 1.807) is 0 Å². The second kappa shape index (κ2) is 7.84. The Labute approximate surface area is 122 Å². The first-order chi connectivity index (χ1) is 10.4. The van der Waals surface area contributed by atoms with Crippen LogP contribution in [0.1, 0.15) is 0 Å². The predicted molar refractivity (Wildman–Crippen MR) is 70.6 cm³/mol. The third-order valence-electron chi connectivity index (χ3n) is 1.80. The van der Waals surface area contributed by atoms with E-state index in [1.807, 2.05) is 0 Å². The summed E-state index contributed by atoms with van der Waals surface area (Å²) < 4.78 is 0. The van der Waals surface area contributed by atoms with Crippen LogP contribution >= 0.6 is 0 Å². The molecule has 0 aliphatic carbocycles. The average molecular weight is 307 g/mol. The third-order valence-corrected chi connectivity index (χ3v) is 1.80. The molecule has 114 valence electrons. The molecule has 1 aromatic rings. The highest BCUT2D eigenvalue weighted by Crippen LogP contribution is 2.02. The summed E-state index contributed by atoms with van der Waals surface area (Å²) in [5, 5.41) is 21.0. The second-order valence-electron chi connectivity index (χ2n) is 3.45. The maximum Gasteiger partial charge on any atom is 0.328 e. The summed E-state index contributed by atoms with van der Waals surface area (Å²) in [6, 6.07) is 0. The second-order valence-corrected chi connectivity index (χ2v) is 3.45. The molecule has 0 atom stereocenters. The van der Waals surface area contributed by atoms with Gasteiger partial charge in [0.15, 0.2) is 0 Å². The van der Waals surface area contributed by atoms with Crippen molar-refractivity contribution in [3.8, 4) is 0 Å². The minimum atomic E-state index is -1.30. The molecular weight excluding hydrogens is 298 g/mol. The topological polar surface area (TPSA) is 171 Å². The van der Waals surface area contributed by atoms with Gasteiger partial charge in [0, 0.05) is 24.3 Å². The molecule has 0 aliphatic heterocycles. The van der Waals surface area contributed by atoms with E-state index in [-0.39, 0.29) is 11.9 Å². The number of nitrogens with one attached hydrogen (secondary N) is 2. The van der Waals surface area contributed by atoms with Crippen molar-refractivity contribution in [3.05, 3.63) is 30.6 Å². The van der Waals surface area contributed by atoms with E-state index in [1.165, 1.54) is 0 Å². The molecule has 0 bridgehead atoms. The molecule has 0 aromatic carbocycles. The maximum atomic E-state index is 11.3. The number of aliphatic carboxylic acids is 2. The van der Waals surface area contributed by atoms with E-state index in [4.69, 9.17) is 10.2 Å². The smallest absolute Gasteiger partial charge is 0.328 e. The molecule has 1 aromatic heterocycles. The van der Waals surface area contributed by atoms with Crippen LogP contribution in [0.4, 0.5) is 11.9 Å². The van der Waals surface area contributed by atoms with E-state index in [0.29, 0.717) is 12.2 Å². The van der Waals surface area contributed by atoms with Crippen molar-refractivity contribution in [1.29, 1.82) is 0 Å². The Morgan fingerprint density at radius 3 is 1.59 bits per heavy atom. The Kier molecular flexibility index (Phi) is 5.85. The molecule has 1 heterocycles. The molecule has 2 amide bonds. The number of carboxylic acids is 2. The van der Waals surface area contributed by atoms with Crippen molar-refractivity contribution in [2.75, 3.05) is 10.6 Å². The van der Waals surface area contributed by atoms with Crippen molar-refractivity contribution in [2.45, 2.75) is 0 Å². The minimum Gasteiger partial charge on any atom is -0.478 e. The summed E-state index contributed by atoms with van der Waals surface area (Å²) in [5.41, 5.74) is 0. The van der Waals surface area contributed by atoms with Gasteiger partial charge in [0.1, 0.15) is 6.33 Å². The van der Waals surface area contributed by atoms with Gasteiger partial charge in [-0.25, -0.2) is 19.6 Å². The van der Waals surface area contributed by atoms with Crippen molar-refractivity contribution >= 4 is 35.6 Å². The lowest BCUT2D eigenvalue weighted by molar-refractivity contribution is -0.132. The largest absolute Gasteiger partial charge is 0.478 e. The molecule has 1 rings (SSSR count). The van der Waals surface area contributed by atoms with Gasteiger partial charge in [0.25, 0.3) is 11.8 Å². The number of hydrogen-bond donors (Lipinski definition) is 4. The van der Waals surface area contributed by atoms with Crippen LogP contribution in [0.5, 0.6) is 0 Å². The lowest BCUT2D eigenvalue weighted by Crippen LogP contribution is -2.15. The van der Waals surface area contributed by atoms with Crippen LogP contribution in [-0.2, 0) is 19.2 Å². The molecule has 0 fully saturated rings. The van der Waals surface area contributed by atoms with E-state index >= 15 is 0 Å². The van der Waals surface area contributed by atoms with Crippen LogP contribution in [0.2, 0.25) is 0 Å². The van der Waals surface area contributed by atoms with Gasteiger partial charge in [-0.2, -0.15) is 4.98 Å². The monoisotopic (exact) mass is 307 g/mol. The zero-order valence-electron chi connectivity index (χ0n) is 10.8. The van der Waals surface area contributed by atoms with Gasteiger partial charge in [-0.15, -0.1) is 0 Å². The third kappa shape index (κ3) is 6.51. The fourth-order valence-corrected chi connectivity index (χ4v) is 1.01. The Bertz CT molecular complexity index is 615. The van der Waals surface area contributed by atoms with Crippen molar-refractivity contribution in [3.63, 3.8) is 0 Å². The molecule has 0 spiro atoms. The van der Waals surface area contributed by atoms with Gasteiger partial charge in [-0.3, -0.25) is 20.2 Å². The summed E-state index contributed by atoms with van der Waals surface area (Å²) in [4.78, 5) is 53.9. The van der Waals surface area contributed by atoms with Gasteiger partial charge in [0.2, 0.25) is 11.9 Å². The number of nitrogens with zero attached hydrogens (tertiary/aromatic N) is 3. The Morgan fingerprint density at radius 1 is 0.818 bits per heavy atom. The highest BCUT2D eigenvalue weighted by atomic mass is 16.4. The summed E-state index contributed by atoms with van der Waals surface area (Å²) in [7, 11) is 0. The van der Waals surface area contributed by atoms with Crippen LogP contribution in [0.25, 0.3) is 0 Å². The van der Waals surface area contributed by atoms with Crippen molar-refractivity contribution in [2.24, 2.45) is 0 Å². The minimum absolute atomic E-state index is 0.229. The number of anilines is 2. The van der Waals surface area contributed by atoms with Crippen molar-refractivity contribution < 1.29 is 29.4 Å². The zero-order chi connectivity index (χ0) is 16.5. The molecule has 22 heavy (non-hydrogen) atoms. The molecule has 0 radical (unpaired) electrons. The fourth-order valence-electron chi connectivity index (χ4n) is 1.01. The average Bonchev–Trinajstić information content (AvgIpc) is 2.43. The Balaban J connectivity index is 2.70. The quantitative estimate of drug-likeness (QED) is 0.482. The molecule has 11 heteroatoms. The molecule has 11 nitrogen and oxygen atoms in total. The first-order valence-corrected chi connectivity index (χ1v) is 5.50. The number of carboxylic acid groups (broad SMARTS) is 2. The van der Waals surface area contributed by atoms with Gasteiger partial charge in [-0.1, -0.05) is 0 Å². The summed E-state index contributed by atoms with van der Waals surface area (Å²) >= 11 is 0. The summed E-state index contributed by atoms with van der Waals surface area (Å²) in [6.07, 6.45) is 3.73. The fraction of sp³-hybridized carbons (Fsp3) is 0. The number of carbonyl (C=O) groups is 4. The van der Waals surface area contributed by atoms with E-state index in [9.17, 15) is 19.2 Å². The lowest BCUT2D eigenvalue weighted by Gasteiger charge is -2.02. The summed E-state index contributed by atoms with van der Waals surface area (Å²) in [6.45, 7) is 0. The van der Waals surface area contributed by atoms with Crippen LogP contribution in [0, 0.1) is 0 Å². The number of rotatable bonds is 6. The number of aromatic nitrogens is 3. The lowest BCUT2D eigenvalue weighted by atomic mass is 10.4. The first kappa shape index (κ1) is 16.4. The molecule has 0 unspecified atom stereocenters. The Morgan fingerprint density at radius 2 is 1.23 bits per heavy atom. The standard InChI is InChI=1S/C11H9N5O6/c17-6(1-3-8(19)20)14-10-12-5-13-11(16-10)15-7(18)2-4-9(21)22/h1-5H,(H,19,20)(H,21,22)(H2,12,13,14,15,16,17,18). The van der Waals surface area contributed by atoms with Crippen molar-refractivity contribution in [1.82, 2.24) is 15.0 Å². The molecule has 0 aliphatic rings. The van der Waals surface area contributed by atoms with Crippen LogP contribution < -0.4 is 10.6 Å². The molecule has 0 saturated carbocycles. The zero-order valence-corrected chi connectivity index (χ0v) is 10.8. The van der Waals surface area contributed by atoms with E-state index in [0.717, 1.165) is 18.5 Å². The van der Waals surface area contributed by atoms with Crippen LogP contribution in [0.15, 0.2) is 30.6 Å². The first-order valence-electron chi connectivity index (χ1n) is 5.50. The van der Waals surface area contributed by atoms with Gasteiger partial charge in [0.05, 0.1) is 0 Å². The van der Waals surface area contributed by atoms with E-state index in [2.05, 4.69) is 25.6 Å². The molecule has 4 N–H and O–H groups in total. The molecular formula is C11H9N5O6. The highest BCUT2D eigenvalue weighted by molar-refractivity contribution is 6.02. The van der Waals surface area contributed by atoms with Gasteiger partial charge in [-0.05, 0) is 0 Å². The SMILES string of the molecule is O=C(O)C=CC(=O)Nc1ncnc(NC(=O)C=CC(=O)O)n1. The molecule has 0 saturated heterocycles. The predicted octanol–water partition coefficient (Wildman–Crippen LogP) is -0.970. The highest BCUT2D eigenvalue weighted by Gasteiger charge is 2.06.